The van der Waals surface area contributed by atoms with Gasteiger partial charge in [-0.05, 0) is 13.8 Å². The van der Waals surface area contributed by atoms with Crippen molar-refractivity contribution < 1.29 is 4.79 Å². The Labute approximate surface area is 55.5 Å². The number of hydrogen-bond donors (Lipinski definition) is 0. The van der Waals surface area contributed by atoms with E-state index >= 15 is 0 Å². The predicted octanol–water partition coefficient (Wildman–Crippen LogP) is 1.51. The fourth-order valence-electron chi connectivity index (χ4n) is 0.464. The third kappa shape index (κ3) is 3.53. The zero-order valence-electron chi connectivity index (χ0n) is 5.74. The fourth-order valence-corrected chi connectivity index (χ4v) is 0.464. The molecule has 50 valence electrons. The van der Waals surface area contributed by atoms with Crippen LogP contribution in [0.2, 0.25) is 0 Å². The van der Waals surface area contributed by atoms with Gasteiger partial charge in [-0.15, -0.1) is 0 Å². The molecule has 0 spiro atoms. The van der Waals surface area contributed by atoms with E-state index in [1.807, 2.05) is 13.8 Å². The zero-order chi connectivity index (χ0) is 7.11. The van der Waals surface area contributed by atoms with Gasteiger partial charge >= 0.3 is 0 Å². The van der Waals surface area contributed by atoms with Gasteiger partial charge in [0.25, 0.3) is 0 Å². The van der Waals surface area contributed by atoms with Crippen LogP contribution in [0.4, 0.5) is 0 Å². The van der Waals surface area contributed by atoms with Crippen molar-refractivity contribution in [1.82, 2.24) is 4.90 Å². The van der Waals surface area contributed by atoms with Gasteiger partial charge in [-0.1, -0.05) is 12.2 Å². The summed E-state index contributed by atoms with van der Waals surface area (Å²) in [6, 6.07) is 0. The molecule has 0 aliphatic carbocycles. The van der Waals surface area contributed by atoms with Crippen molar-refractivity contribution in [1.29, 1.82) is 0 Å². The maximum Gasteiger partial charge on any atom is 0.217 e. The molecule has 0 radical (unpaired) electrons. The standard InChI is InChI=1S/C7H11NO/c1-3-5-8(7-9)6-4-2/h3-7H,1-2H3/b5-3-,6-4-. The largest absolute Gasteiger partial charge is 0.298 e. The second kappa shape index (κ2) is 5.09. The third-order valence-corrected chi connectivity index (χ3v) is 0.764. The van der Waals surface area contributed by atoms with Gasteiger partial charge in [0.05, 0.1) is 0 Å². The Balaban J connectivity index is 3.82. The van der Waals surface area contributed by atoms with Crippen LogP contribution in [-0.2, 0) is 4.79 Å². The van der Waals surface area contributed by atoms with Crippen LogP contribution < -0.4 is 0 Å². The number of rotatable bonds is 3. The molecule has 0 aliphatic heterocycles. The van der Waals surface area contributed by atoms with E-state index in [2.05, 4.69) is 0 Å². The molecule has 0 aromatic rings. The van der Waals surface area contributed by atoms with Crippen molar-refractivity contribution in [3.8, 4) is 0 Å². The SMILES string of the molecule is C/C=C\N(C=O)/C=C\C. The van der Waals surface area contributed by atoms with Crippen LogP contribution in [0.3, 0.4) is 0 Å². The lowest BCUT2D eigenvalue weighted by Gasteiger charge is -2.01. The maximum atomic E-state index is 10.1. The normalized spacial score (nSPS) is 10.9. The molecular weight excluding hydrogens is 114 g/mol. The Morgan fingerprint density at radius 1 is 1.11 bits per heavy atom. The summed E-state index contributed by atoms with van der Waals surface area (Å²) in [6.45, 7) is 3.72. The first kappa shape index (κ1) is 7.95. The van der Waals surface area contributed by atoms with Gasteiger partial charge in [0, 0.05) is 12.4 Å². The highest BCUT2D eigenvalue weighted by molar-refractivity contribution is 5.50. The lowest BCUT2D eigenvalue weighted by atomic mass is 10.6. The van der Waals surface area contributed by atoms with Gasteiger partial charge in [-0.25, -0.2) is 0 Å². The third-order valence-electron chi connectivity index (χ3n) is 0.764. The van der Waals surface area contributed by atoms with Gasteiger partial charge in [0.1, 0.15) is 0 Å². The molecule has 2 nitrogen and oxygen atoms in total. The lowest BCUT2D eigenvalue weighted by molar-refractivity contribution is -0.114. The van der Waals surface area contributed by atoms with Crippen LogP contribution in [0.5, 0.6) is 0 Å². The summed E-state index contributed by atoms with van der Waals surface area (Å²) in [5.74, 6) is 0. The molecule has 0 aliphatic rings. The van der Waals surface area contributed by atoms with E-state index in [1.54, 1.807) is 24.6 Å². The minimum absolute atomic E-state index is 0.750. The minimum atomic E-state index is 0.750. The minimum Gasteiger partial charge on any atom is -0.298 e. The number of hydrogen-bond acceptors (Lipinski definition) is 1. The smallest absolute Gasteiger partial charge is 0.217 e. The van der Waals surface area contributed by atoms with E-state index in [9.17, 15) is 4.79 Å². The Kier molecular flexibility index (Phi) is 4.50. The van der Waals surface area contributed by atoms with Crippen LogP contribution in [0.1, 0.15) is 13.8 Å². The van der Waals surface area contributed by atoms with Crippen molar-refractivity contribution in [2.75, 3.05) is 0 Å². The van der Waals surface area contributed by atoms with E-state index in [1.165, 1.54) is 4.90 Å². The number of amides is 1. The lowest BCUT2D eigenvalue weighted by Crippen LogP contribution is -2.04. The number of nitrogens with zero attached hydrogens (tertiary/aromatic N) is 1. The van der Waals surface area contributed by atoms with Gasteiger partial charge in [-0.3, -0.25) is 9.69 Å². The summed E-state index contributed by atoms with van der Waals surface area (Å²) in [5, 5.41) is 0. The zero-order valence-corrected chi connectivity index (χ0v) is 5.74. The average Bonchev–Trinajstić information content (AvgIpc) is 1.88. The molecule has 0 bridgehead atoms. The second-order valence-electron chi connectivity index (χ2n) is 1.52. The Morgan fingerprint density at radius 2 is 1.56 bits per heavy atom. The highest BCUT2D eigenvalue weighted by Gasteiger charge is 1.82. The van der Waals surface area contributed by atoms with Crippen LogP contribution in [-0.4, -0.2) is 11.3 Å². The molecule has 0 N–H and O–H groups in total. The number of carbonyl (C=O) groups is 1. The molecule has 0 heterocycles. The fraction of sp³-hybridized carbons (Fsp3) is 0.286. The van der Waals surface area contributed by atoms with E-state index in [0.717, 1.165) is 6.41 Å². The maximum absolute atomic E-state index is 10.1. The summed E-state index contributed by atoms with van der Waals surface area (Å²) >= 11 is 0. The summed E-state index contributed by atoms with van der Waals surface area (Å²) in [7, 11) is 0. The monoisotopic (exact) mass is 125 g/mol. The molecule has 0 aromatic carbocycles. The molecule has 0 unspecified atom stereocenters. The van der Waals surface area contributed by atoms with E-state index in [4.69, 9.17) is 0 Å². The van der Waals surface area contributed by atoms with E-state index in [0.29, 0.717) is 0 Å². The molecule has 0 saturated carbocycles. The topological polar surface area (TPSA) is 20.3 Å². The summed E-state index contributed by atoms with van der Waals surface area (Å²) in [5.41, 5.74) is 0. The first-order chi connectivity index (χ1) is 4.35. The molecule has 0 aromatic heterocycles. The van der Waals surface area contributed by atoms with Crippen molar-refractivity contribution in [2.24, 2.45) is 0 Å². The predicted molar refractivity (Wildman–Crippen MR) is 37.5 cm³/mol. The number of allylic oxidation sites excluding steroid dienone is 2. The van der Waals surface area contributed by atoms with E-state index in [-0.39, 0.29) is 0 Å². The molecular formula is C7H11NO. The Morgan fingerprint density at radius 3 is 1.78 bits per heavy atom. The highest BCUT2D eigenvalue weighted by Crippen LogP contribution is 1.85. The van der Waals surface area contributed by atoms with Crippen LogP contribution in [0.15, 0.2) is 24.6 Å². The second-order valence-corrected chi connectivity index (χ2v) is 1.52. The molecule has 1 amide bonds. The van der Waals surface area contributed by atoms with Gasteiger partial charge in [0.15, 0.2) is 0 Å². The van der Waals surface area contributed by atoms with Gasteiger partial charge in [0.2, 0.25) is 6.41 Å². The highest BCUT2D eigenvalue weighted by atomic mass is 16.1. The van der Waals surface area contributed by atoms with Crippen LogP contribution in [0, 0.1) is 0 Å². The van der Waals surface area contributed by atoms with E-state index < -0.39 is 0 Å². The molecule has 9 heavy (non-hydrogen) atoms. The van der Waals surface area contributed by atoms with Crippen molar-refractivity contribution in [3.63, 3.8) is 0 Å². The first-order valence-corrected chi connectivity index (χ1v) is 2.83. The quantitative estimate of drug-likeness (QED) is 0.523. The molecule has 0 atom stereocenters. The Bertz CT molecular complexity index is 115. The summed E-state index contributed by atoms with van der Waals surface area (Å²) in [4.78, 5) is 11.6. The summed E-state index contributed by atoms with van der Waals surface area (Å²) < 4.78 is 0. The summed E-state index contributed by atoms with van der Waals surface area (Å²) in [6.07, 6.45) is 7.72. The number of carbonyl (C=O) groups excluding carboxylic acids is 1. The molecule has 2 heteroatoms. The van der Waals surface area contributed by atoms with Crippen LogP contribution in [0.25, 0.3) is 0 Å². The van der Waals surface area contributed by atoms with Gasteiger partial charge < -0.3 is 0 Å². The van der Waals surface area contributed by atoms with Crippen molar-refractivity contribution in [3.05, 3.63) is 24.6 Å². The van der Waals surface area contributed by atoms with Crippen molar-refractivity contribution >= 4 is 6.41 Å². The van der Waals surface area contributed by atoms with Crippen molar-refractivity contribution in [2.45, 2.75) is 13.8 Å². The average molecular weight is 125 g/mol. The first-order valence-electron chi connectivity index (χ1n) is 2.83. The molecule has 0 rings (SSSR count). The molecule has 0 saturated heterocycles. The Hall–Kier alpha value is -1.05. The van der Waals surface area contributed by atoms with Crippen LogP contribution >= 0.6 is 0 Å². The molecule has 0 fully saturated rings. The van der Waals surface area contributed by atoms with Gasteiger partial charge in [-0.2, -0.15) is 0 Å².